The average molecular weight is 369 g/mol. The van der Waals surface area contributed by atoms with Crippen molar-refractivity contribution in [2.45, 2.75) is 25.9 Å². The minimum Gasteiger partial charge on any atom is -0.477 e. The Kier molecular flexibility index (Phi) is 6.38. The molecule has 2 heterocycles. The van der Waals surface area contributed by atoms with Crippen LogP contribution in [0, 0.1) is 0 Å². The summed E-state index contributed by atoms with van der Waals surface area (Å²) < 4.78 is 10.9. The normalized spacial score (nSPS) is 16.0. The predicted molar refractivity (Wildman–Crippen MR) is 101 cm³/mol. The first-order valence-corrected chi connectivity index (χ1v) is 9.07. The van der Waals surface area contributed by atoms with Gasteiger partial charge in [0.15, 0.2) is 0 Å². The lowest BCUT2D eigenvalue weighted by atomic mass is 10.1. The number of para-hydroxylation sites is 1. The number of nitrogens with one attached hydrogen (secondary N) is 2. The maximum atomic E-state index is 12.7. The molecule has 1 aromatic carbocycles. The summed E-state index contributed by atoms with van der Waals surface area (Å²) >= 11 is 0. The molecule has 0 unspecified atom stereocenters. The van der Waals surface area contributed by atoms with Gasteiger partial charge in [-0.2, -0.15) is 0 Å². The molecule has 0 aliphatic carbocycles. The van der Waals surface area contributed by atoms with Crippen LogP contribution in [0.3, 0.4) is 0 Å². The van der Waals surface area contributed by atoms with Gasteiger partial charge in [0.05, 0.1) is 24.0 Å². The number of hydrogen-bond acceptors (Lipinski definition) is 5. The molecule has 1 aromatic heterocycles. The Morgan fingerprint density at radius 3 is 2.78 bits per heavy atom. The van der Waals surface area contributed by atoms with E-state index < -0.39 is 0 Å². The van der Waals surface area contributed by atoms with E-state index in [0.717, 1.165) is 19.4 Å². The summed E-state index contributed by atoms with van der Waals surface area (Å²) in [6, 6.07) is 10.2. The Labute approximate surface area is 158 Å². The van der Waals surface area contributed by atoms with Crippen molar-refractivity contribution in [2.75, 3.05) is 25.1 Å². The maximum absolute atomic E-state index is 12.7. The van der Waals surface area contributed by atoms with Crippen LogP contribution in [0.4, 0.5) is 5.69 Å². The lowest BCUT2D eigenvalue weighted by Gasteiger charge is -2.14. The Morgan fingerprint density at radius 2 is 2.00 bits per heavy atom. The van der Waals surface area contributed by atoms with Gasteiger partial charge in [0.1, 0.15) is 5.56 Å². The fraction of sp³-hybridized carbons (Fsp3) is 0.350. The molecule has 27 heavy (non-hydrogen) atoms. The summed E-state index contributed by atoms with van der Waals surface area (Å²) in [5.41, 5.74) is 1.14. The number of aromatic nitrogens is 1. The second-order valence-corrected chi connectivity index (χ2v) is 6.13. The van der Waals surface area contributed by atoms with Gasteiger partial charge in [-0.05, 0) is 44.0 Å². The molecule has 0 saturated carbocycles. The van der Waals surface area contributed by atoms with Gasteiger partial charge in [0.25, 0.3) is 11.8 Å². The first-order chi connectivity index (χ1) is 13.2. The fourth-order valence-electron chi connectivity index (χ4n) is 2.90. The quantitative estimate of drug-likeness (QED) is 0.783. The zero-order chi connectivity index (χ0) is 19.1. The highest BCUT2D eigenvalue weighted by molar-refractivity contribution is 6.09. The van der Waals surface area contributed by atoms with Crippen LogP contribution in [0.1, 0.15) is 40.5 Å². The minimum absolute atomic E-state index is 0.0554. The smallest absolute Gasteiger partial charge is 0.261 e. The molecule has 1 atom stereocenters. The standard InChI is InChI=1S/C20H23N3O4/c1-2-26-20-16(9-5-11-21-20)19(25)23-17-10-4-3-8-15(17)18(24)22-13-14-7-6-12-27-14/h3-5,8-11,14H,2,6-7,12-13H2,1H3,(H,22,24)(H,23,25)/t14-/m1/s1. The van der Waals surface area contributed by atoms with Gasteiger partial charge < -0.3 is 20.1 Å². The molecular formula is C20H23N3O4. The monoisotopic (exact) mass is 369 g/mol. The number of rotatable bonds is 7. The number of hydrogen-bond donors (Lipinski definition) is 2. The van der Waals surface area contributed by atoms with Crippen LogP contribution < -0.4 is 15.4 Å². The van der Waals surface area contributed by atoms with Crippen LogP contribution in [-0.4, -0.2) is 42.7 Å². The van der Waals surface area contributed by atoms with Crippen LogP contribution >= 0.6 is 0 Å². The predicted octanol–water partition coefficient (Wildman–Crippen LogP) is 2.64. The van der Waals surface area contributed by atoms with Crippen LogP contribution in [0.25, 0.3) is 0 Å². The van der Waals surface area contributed by atoms with Gasteiger partial charge in [-0.3, -0.25) is 9.59 Å². The SMILES string of the molecule is CCOc1ncccc1C(=O)Nc1ccccc1C(=O)NC[C@H]1CCCO1. The molecule has 1 aliphatic rings. The first-order valence-electron chi connectivity index (χ1n) is 9.07. The number of amides is 2. The molecule has 2 amide bonds. The molecular weight excluding hydrogens is 346 g/mol. The molecule has 1 saturated heterocycles. The third-order valence-electron chi connectivity index (χ3n) is 4.23. The number of carbonyl (C=O) groups excluding carboxylic acids is 2. The summed E-state index contributed by atoms with van der Waals surface area (Å²) in [4.78, 5) is 29.3. The minimum atomic E-state index is -0.383. The zero-order valence-electron chi connectivity index (χ0n) is 15.2. The van der Waals surface area contributed by atoms with E-state index in [9.17, 15) is 9.59 Å². The molecule has 7 nitrogen and oxygen atoms in total. The van der Waals surface area contributed by atoms with E-state index in [4.69, 9.17) is 9.47 Å². The van der Waals surface area contributed by atoms with Gasteiger partial charge in [0.2, 0.25) is 5.88 Å². The molecule has 0 bridgehead atoms. The van der Waals surface area contributed by atoms with Crippen LogP contribution in [0.5, 0.6) is 5.88 Å². The van der Waals surface area contributed by atoms with E-state index in [1.165, 1.54) is 0 Å². The molecule has 3 rings (SSSR count). The molecule has 0 spiro atoms. The maximum Gasteiger partial charge on any atom is 0.261 e. The average Bonchev–Trinajstić information content (AvgIpc) is 3.21. The lowest BCUT2D eigenvalue weighted by molar-refractivity contribution is 0.0858. The summed E-state index contributed by atoms with van der Waals surface area (Å²) in [7, 11) is 0. The number of carbonyl (C=O) groups is 2. The highest BCUT2D eigenvalue weighted by Crippen LogP contribution is 2.20. The zero-order valence-corrected chi connectivity index (χ0v) is 15.2. The second-order valence-electron chi connectivity index (χ2n) is 6.13. The third kappa shape index (κ3) is 4.83. The van der Waals surface area contributed by atoms with E-state index in [1.807, 2.05) is 6.92 Å². The number of pyridine rings is 1. The molecule has 2 N–H and O–H groups in total. The lowest BCUT2D eigenvalue weighted by Crippen LogP contribution is -2.32. The van der Waals surface area contributed by atoms with Gasteiger partial charge >= 0.3 is 0 Å². The van der Waals surface area contributed by atoms with E-state index >= 15 is 0 Å². The first kappa shape index (κ1) is 18.8. The summed E-state index contributed by atoms with van der Waals surface area (Å²) in [6.07, 6.45) is 3.58. The van der Waals surface area contributed by atoms with Crippen LogP contribution in [0.15, 0.2) is 42.6 Å². The van der Waals surface area contributed by atoms with Crippen molar-refractivity contribution in [1.29, 1.82) is 0 Å². The van der Waals surface area contributed by atoms with Gasteiger partial charge in [-0.25, -0.2) is 4.98 Å². The van der Waals surface area contributed by atoms with E-state index in [0.29, 0.717) is 30.0 Å². The van der Waals surface area contributed by atoms with Crippen molar-refractivity contribution in [1.82, 2.24) is 10.3 Å². The van der Waals surface area contributed by atoms with E-state index in [2.05, 4.69) is 15.6 Å². The largest absolute Gasteiger partial charge is 0.477 e. The molecule has 1 fully saturated rings. The summed E-state index contributed by atoms with van der Waals surface area (Å²) in [5, 5.41) is 5.66. The molecule has 1 aliphatic heterocycles. The summed E-state index contributed by atoms with van der Waals surface area (Å²) in [5.74, 6) is -0.374. The van der Waals surface area contributed by atoms with E-state index in [-0.39, 0.29) is 23.8 Å². The topological polar surface area (TPSA) is 89.5 Å². The van der Waals surface area contributed by atoms with Crippen molar-refractivity contribution in [3.63, 3.8) is 0 Å². The number of ether oxygens (including phenoxy) is 2. The van der Waals surface area contributed by atoms with Crippen LogP contribution in [-0.2, 0) is 4.74 Å². The van der Waals surface area contributed by atoms with Gasteiger partial charge in [0, 0.05) is 19.3 Å². The number of benzene rings is 1. The van der Waals surface area contributed by atoms with E-state index in [1.54, 1.807) is 42.6 Å². The molecule has 7 heteroatoms. The van der Waals surface area contributed by atoms with Crippen molar-refractivity contribution in [3.8, 4) is 5.88 Å². The van der Waals surface area contributed by atoms with Crippen LogP contribution in [0.2, 0.25) is 0 Å². The van der Waals surface area contributed by atoms with Gasteiger partial charge in [-0.1, -0.05) is 12.1 Å². The Bertz CT molecular complexity index is 803. The molecule has 142 valence electrons. The fourth-order valence-corrected chi connectivity index (χ4v) is 2.90. The second kappa shape index (κ2) is 9.14. The number of anilines is 1. The van der Waals surface area contributed by atoms with Gasteiger partial charge in [-0.15, -0.1) is 0 Å². The van der Waals surface area contributed by atoms with Crippen molar-refractivity contribution in [2.24, 2.45) is 0 Å². The van der Waals surface area contributed by atoms with Crippen molar-refractivity contribution < 1.29 is 19.1 Å². The molecule has 0 radical (unpaired) electrons. The highest BCUT2D eigenvalue weighted by atomic mass is 16.5. The Hall–Kier alpha value is -2.93. The third-order valence-corrected chi connectivity index (χ3v) is 4.23. The van der Waals surface area contributed by atoms with Crippen molar-refractivity contribution in [3.05, 3.63) is 53.7 Å². The molecule has 2 aromatic rings. The Balaban J connectivity index is 1.72. The summed E-state index contributed by atoms with van der Waals surface area (Å²) in [6.45, 7) is 3.42. The highest BCUT2D eigenvalue weighted by Gasteiger charge is 2.20. The van der Waals surface area contributed by atoms with Crippen molar-refractivity contribution >= 4 is 17.5 Å². The Morgan fingerprint density at radius 1 is 1.19 bits per heavy atom. The number of nitrogens with zero attached hydrogens (tertiary/aromatic N) is 1.